The highest BCUT2D eigenvalue weighted by Gasteiger charge is 2.10. The van der Waals surface area contributed by atoms with Crippen molar-refractivity contribution in [3.63, 3.8) is 0 Å². The van der Waals surface area contributed by atoms with Crippen LogP contribution in [0.4, 0.5) is 4.39 Å². The van der Waals surface area contributed by atoms with Crippen LogP contribution in [0.25, 0.3) is 11.1 Å². The van der Waals surface area contributed by atoms with E-state index in [9.17, 15) is 4.39 Å². The second kappa shape index (κ2) is 4.82. The van der Waals surface area contributed by atoms with Crippen molar-refractivity contribution in [2.24, 2.45) is 0 Å². The lowest BCUT2D eigenvalue weighted by atomic mass is 10.0. The minimum absolute atomic E-state index is 0.205. The Balaban J connectivity index is 2.63. The molecular formula is C13H10FIO. The molecule has 0 heterocycles. The molecule has 0 N–H and O–H groups in total. The lowest BCUT2D eigenvalue weighted by molar-refractivity contribution is 0.416. The number of benzene rings is 2. The standard InChI is InChI=1S/C13H10FIO/c1-16-12-8-3-2-5-9(12)10-6-4-7-11(14)13(10)15/h2-8H,1H3. The average molecular weight is 328 g/mol. The van der Waals surface area contributed by atoms with E-state index in [-0.39, 0.29) is 5.82 Å². The van der Waals surface area contributed by atoms with Gasteiger partial charge >= 0.3 is 0 Å². The molecule has 0 spiro atoms. The monoisotopic (exact) mass is 328 g/mol. The molecule has 0 saturated carbocycles. The van der Waals surface area contributed by atoms with Gasteiger partial charge in [0, 0.05) is 11.1 Å². The Morgan fingerprint density at radius 2 is 1.69 bits per heavy atom. The summed E-state index contributed by atoms with van der Waals surface area (Å²) in [6, 6.07) is 12.7. The van der Waals surface area contributed by atoms with Gasteiger partial charge in [0.1, 0.15) is 11.6 Å². The Labute approximate surface area is 107 Å². The minimum Gasteiger partial charge on any atom is -0.496 e. The summed E-state index contributed by atoms with van der Waals surface area (Å²) in [5, 5.41) is 0. The number of hydrogen-bond donors (Lipinski definition) is 0. The molecule has 82 valence electrons. The van der Waals surface area contributed by atoms with Crippen LogP contribution < -0.4 is 4.74 Å². The van der Waals surface area contributed by atoms with E-state index in [1.165, 1.54) is 6.07 Å². The summed E-state index contributed by atoms with van der Waals surface area (Å²) in [5.41, 5.74) is 1.77. The lowest BCUT2D eigenvalue weighted by Gasteiger charge is -2.10. The topological polar surface area (TPSA) is 9.23 Å². The Bertz CT molecular complexity index is 511. The second-order valence-corrected chi connectivity index (χ2v) is 4.38. The zero-order valence-corrected chi connectivity index (χ0v) is 10.9. The smallest absolute Gasteiger partial charge is 0.137 e. The third-order valence-corrected chi connectivity index (χ3v) is 3.45. The van der Waals surface area contributed by atoms with E-state index in [1.807, 2.05) is 52.9 Å². The zero-order chi connectivity index (χ0) is 11.5. The number of rotatable bonds is 2. The maximum Gasteiger partial charge on any atom is 0.137 e. The van der Waals surface area contributed by atoms with Crippen LogP contribution in [0.3, 0.4) is 0 Å². The number of ether oxygens (including phenoxy) is 1. The molecule has 2 rings (SSSR count). The third-order valence-electron chi connectivity index (χ3n) is 2.35. The van der Waals surface area contributed by atoms with Crippen molar-refractivity contribution in [1.29, 1.82) is 0 Å². The van der Waals surface area contributed by atoms with Gasteiger partial charge in [0.2, 0.25) is 0 Å². The van der Waals surface area contributed by atoms with Crippen LogP contribution in [0.1, 0.15) is 0 Å². The molecule has 0 fully saturated rings. The summed E-state index contributed by atoms with van der Waals surface area (Å²) in [4.78, 5) is 0. The van der Waals surface area contributed by atoms with Crippen molar-refractivity contribution in [3.05, 3.63) is 51.9 Å². The molecule has 0 aliphatic carbocycles. The molecule has 16 heavy (non-hydrogen) atoms. The van der Waals surface area contributed by atoms with Gasteiger partial charge in [-0.25, -0.2) is 4.39 Å². The van der Waals surface area contributed by atoms with Crippen LogP contribution >= 0.6 is 22.6 Å². The van der Waals surface area contributed by atoms with Crippen molar-refractivity contribution < 1.29 is 9.13 Å². The fraction of sp³-hybridized carbons (Fsp3) is 0.0769. The van der Waals surface area contributed by atoms with E-state index in [0.717, 1.165) is 16.9 Å². The predicted octanol–water partition coefficient (Wildman–Crippen LogP) is 4.11. The molecule has 0 amide bonds. The molecule has 1 nitrogen and oxygen atoms in total. The highest BCUT2D eigenvalue weighted by molar-refractivity contribution is 14.1. The highest BCUT2D eigenvalue weighted by Crippen LogP contribution is 2.33. The van der Waals surface area contributed by atoms with Gasteiger partial charge < -0.3 is 4.74 Å². The quantitative estimate of drug-likeness (QED) is 0.754. The number of methoxy groups -OCH3 is 1. The molecule has 0 bridgehead atoms. The Morgan fingerprint density at radius 1 is 1.00 bits per heavy atom. The number of hydrogen-bond acceptors (Lipinski definition) is 1. The summed E-state index contributed by atoms with van der Waals surface area (Å²) in [6.45, 7) is 0. The first-order valence-electron chi connectivity index (χ1n) is 4.81. The molecule has 3 heteroatoms. The van der Waals surface area contributed by atoms with E-state index in [1.54, 1.807) is 13.2 Å². The molecule has 0 aliphatic heterocycles. The summed E-state index contributed by atoms with van der Waals surface area (Å²) < 4.78 is 19.3. The maximum atomic E-state index is 13.5. The minimum atomic E-state index is -0.205. The normalized spacial score (nSPS) is 10.2. The van der Waals surface area contributed by atoms with E-state index in [2.05, 4.69) is 0 Å². The van der Waals surface area contributed by atoms with E-state index < -0.39 is 0 Å². The highest BCUT2D eigenvalue weighted by atomic mass is 127. The molecule has 0 saturated heterocycles. The zero-order valence-electron chi connectivity index (χ0n) is 8.71. The van der Waals surface area contributed by atoms with E-state index >= 15 is 0 Å². The molecule has 0 radical (unpaired) electrons. The van der Waals surface area contributed by atoms with Crippen LogP contribution in [0.2, 0.25) is 0 Å². The first kappa shape index (κ1) is 11.4. The summed E-state index contributed by atoms with van der Waals surface area (Å²) in [6.07, 6.45) is 0. The van der Waals surface area contributed by atoms with Crippen molar-refractivity contribution in [2.45, 2.75) is 0 Å². The van der Waals surface area contributed by atoms with Gasteiger partial charge in [-0.2, -0.15) is 0 Å². The van der Waals surface area contributed by atoms with Crippen LogP contribution in [-0.4, -0.2) is 7.11 Å². The summed E-state index contributed by atoms with van der Waals surface area (Å²) >= 11 is 2.01. The Kier molecular flexibility index (Phi) is 3.43. The number of para-hydroxylation sites is 1. The largest absolute Gasteiger partial charge is 0.496 e. The Hall–Kier alpha value is -1.10. The van der Waals surface area contributed by atoms with Crippen molar-refractivity contribution >= 4 is 22.6 Å². The predicted molar refractivity (Wildman–Crippen MR) is 71.1 cm³/mol. The first-order valence-corrected chi connectivity index (χ1v) is 5.89. The van der Waals surface area contributed by atoms with Crippen LogP contribution in [0.5, 0.6) is 5.75 Å². The van der Waals surface area contributed by atoms with Gasteiger partial charge in [-0.15, -0.1) is 0 Å². The van der Waals surface area contributed by atoms with Gasteiger partial charge in [0.05, 0.1) is 10.7 Å². The van der Waals surface area contributed by atoms with E-state index in [0.29, 0.717) is 3.57 Å². The fourth-order valence-corrected chi connectivity index (χ4v) is 2.23. The molecule has 0 atom stereocenters. The van der Waals surface area contributed by atoms with Gasteiger partial charge in [-0.05, 0) is 34.7 Å². The van der Waals surface area contributed by atoms with E-state index in [4.69, 9.17) is 4.74 Å². The summed E-state index contributed by atoms with van der Waals surface area (Å²) in [5.74, 6) is 0.551. The fourth-order valence-electron chi connectivity index (χ4n) is 1.58. The second-order valence-electron chi connectivity index (χ2n) is 3.30. The van der Waals surface area contributed by atoms with Crippen LogP contribution in [-0.2, 0) is 0 Å². The van der Waals surface area contributed by atoms with Gasteiger partial charge in [0.25, 0.3) is 0 Å². The molecule has 0 aromatic heterocycles. The van der Waals surface area contributed by atoms with Gasteiger partial charge in [0.15, 0.2) is 0 Å². The summed E-state index contributed by atoms with van der Waals surface area (Å²) in [7, 11) is 1.62. The van der Waals surface area contributed by atoms with Crippen molar-refractivity contribution in [3.8, 4) is 16.9 Å². The third kappa shape index (κ3) is 2.04. The first-order chi connectivity index (χ1) is 7.74. The van der Waals surface area contributed by atoms with Crippen molar-refractivity contribution in [2.75, 3.05) is 7.11 Å². The molecular weight excluding hydrogens is 318 g/mol. The van der Waals surface area contributed by atoms with Gasteiger partial charge in [-0.3, -0.25) is 0 Å². The molecule has 0 unspecified atom stereocenters. The molecule has 2 aromatic rings. The van der Waals surface area contributed by atoms with Gasteiger partial charge in [-0.1, -0.05) is 30.3 Å². The van der Waals surface area contributed by atoms with Crippen molar-refractivity contribution in [1.82, 2.24) is 0 Å². The lowest BCUT2D eigenvalue weighted by Crippen LogP contribution is -1.91. The molecule has 2 aromatic carbocycles. The van der Waals surface area contributed by atoms with Crippen LogP contribution in [0, 0.1) is 9.39 Å². The SMILES string of the molecule is COc1ccccc1-c1cccc(F)c1I. The molecule has 0 aliphatic rings. The Morgan fingerprint density at radius 3 is 2.44 bits per heavy atom. The maximum absolute atomic E-state index is 13.5. The number of halogens is 2. The van der Waals surface area contributed by atoms with Crippen LogP contribution in [0.15, 0.2) is 42.5 Å². The average Bonchev–Trinajstić information content (AvgIpc) is 2.33.